The summed E-state index contributed by atoms with van der Waals surface area (Å²) in [7, 11) is 0. The van der Waals surface area contributed by atoms with Crippen LogP contribution in [-0.4, -0.2) is 15.8 Å². The first kappa shape index (κ1) is 12.8. The number of hydrogen-bond acceptors (Lipinski definition) is 2. The molecular formula is C14H11ClN2S2. The predicted molar refractivity (Wildman–Crippen MR) is 85.3 cm³/mol. The Hall–Kier alpha value is -1.23. The number of aromatic amines is 1. The topological polar surface area (TPSA) is 20.7 Å². The van der Waals surface area contributed by atoms with Gasteiger partial charge in [0.2, 0.25) is 0 Å². The SMILES string of the molecule is CSc1cccc(-n2c(=S)[nH]c3cccc(Cl)c32)c1. The number of fused-ring (bicyclic) bond motifs is 1. The van der Waals surface area contributed by atoms with Gasteiger partial charge in [-0.2, -0.15) is 0 Å². The third-order valence-corrected chi connectivity index (χ3v) is 4.28. The van der Waals surface area contributed by atoms with Gasteiger partial charge in [0.25, 0.3) is 0 Å². The summed E-state index contributed by atoms with van der Waals surface area (Å²) in [6.45, 7) is 0. The number of hydrogen-bond donors (Lipinski definition) is 1. The fourth-order valence-corrected chi connectivity index (χ4v) is 3.13. The van der Waals surface area contributed by atoms with E-state index in [1.807, 2.05) is 34.9 Å². The van der Waals surface area contributed by atoms with Crippen LogP contribution in [0, 0.1) is 4.77 Å². The summed E-state index contributed by atoms with van der Waals surface area (Å²) in [5.41, 5.74) is 2.90. The lowest BCUT2D eigenvalue weighted by Crippen LogP contribution is -1.94. The van der Waals surface area contributed by atoms with Crippen LogP contribution in [0.4, 0.5) is 0 Å². The molecule has 19 heavy (non-hydrogen) atoms. The number of benzene rings is 2. The Morgan fingerprint density at radius 2 is 2.00 bits per heavy atom. The lowest BCUT2D eigenvalue weighted by atomic mass is 10.3. The molecule has 1 N–H and O–H groups in total. The number of halogens is 1. The van der Waals surface area contributed by atoms with Gasteiger partial charge in [0.1, 0.15) is 0 Å². The van der Waals surface area contributed by atoms with Gasteiger partial charge in [-0.05, 0) is 48.8 Å². The molecule has 0 spiro atoms. The van der Waals surface area contributed by atoms with Gasteiger partial charge in [-0.25, -0.2) is 0 Å². The average molecular weight is 307 g/mol. The van der Waals surface area contributed by atoms with Crippen molar-refractivity contribution in [3.05, 3.63) is 52.3 Å². The minimum absolute atomic E-state index is 0.654. The number of aromatic nitrogens is 2. The molecule has 2 nitrogen and oxygen atoms in total. The third-order valence-electron chi connectivity index (χ3n) is 2.97. The zero-order valence-electron chi connectivity index (χ0n) is 10.2. The van der Waals surface area contributed by atoms with Crippen molar-refractivity contribution in [3.63, 3.8) is 0 Å². The van der Waals surface area contributed by atoms with Crippen molar-refractivity contribution in [2.75, 3.05) is 6.26 Å². The monoisotopic (exact) mass is 306 g/mol. The highest BCUT2D eigenvalue weighted by molar-refractivity contribution is 7.98. The number of nitrogens with one attached hydrogen (secondary N) is 1. The number of thioether (sulfide) groups is 1. The van der Waals surface area contributed by atoms with Crippen LogP contribution in [-0.2, 0) is 0 Å². The molecule has 3 aromatic rings. The normalized spacial score (nSPS) is 11.1. The summed E-state index contributed by atoms with van der Waals surface area (Å²) in [6, 6.07) is 14.0. The molecule has 1 heterocycles. The Morgan fingerprint density at radius 1 is 1.21 bits per heavy atom. The van der Waals surface area contributed by atoms with E-state index in [2.05, 4.69) is 23.4 Å². The van der Waals surface area contributed by atoms with E-state index >= 15 is 0 Å². The van der Waals surface area contributed by atoms with Gasteiger partial charge in [0.05, 0.1) is 16.1 Å². The lowest BCUT2D eigenvalue weighted by Gasteiger charge is -2.07. The number of nitrogens with zero attached hydrogens (tertiary/aromatic N) is 1. The highest BCUT2D eigenvalue weighted by Gasteiger charge is 2.09. The van der Waals surface area contributed by atoms with Crippen molar-refractivity contribution in [1.82, 2.24) is 9.55 Å². The molecule has 0 amide bonds. The molecule has 5 heteroatoms. The number of para-hydroxylation sites is 1. The van der Waals surface area contributed by atoms with Gasteiger partial charge >= 0.3 is 0 Å². The maximum Gasteiger partial charge on any atom is 0.182 e. The van der Waals surface area contributed by atoms with Gasteiger partial charge in [0, 0.05) is 10.6 Å². The maximum atomic E-state index is 6.31. The van der Waals surface area contributed by atoms with Crippen molar-refractivity contribution < 1.29 is 0 Å². The Kier molecular flexibility index (Phi) is 3.39. The molecule has 0 radical (unpaired) electrons. The molecule has 0 unspecified atom stereocenters. The van der Waals surface area contributed by atoms with Crippen LogP contribution in [0.5, 0.6) is 0 Å². The zero-order chi connectivity index (χ0) is 13.4. The van der Waals surface area contributed by atoms with Gasteiger partial charge in [-0.3, -0.25) is 4.57 Å². The second kappa shape index (κ2) is 5.04. The molecular weight excluding hydrogens is 296 g/mol. The van der Waals surface area contributed by atoms with E-state index < -0.39 is 0 Å². The second-order valence-corrected chi connectivity index (χ2v) is 5.78. The highest BCUT2D eigenvalue weighted by atomic mass is 35.5. The van der Waals surface area contributed by atoms with Crippen LogP contribution >= 0.6 is 35.6 Å². The maximum absolute atomic E-state index is 6.31. The quantitative estimate of drug-likeness (QED) is 0.527. The van der Waals surface area contributed by atoms with E-state index in [4.69, 9.17) is 23.8 Å². The molecule has 0 atom stereocenters. The molecule has 3 rings (SSSR count). The summed E-state index contributed by atoms with van der Waals surface area (Å²) >= 11 is 13.4. The first-order valence-corrected chi connectivity index (χ1v) is 7.75. The van der Waals surface area contributed by atoms with Crippen LogP contribution in [0.2, 0.25) is 5.02 Å². The molecule has 96 valence electrons. The van der Waals surface area contributed by atoms with Crippen molar-refractivity contribution in [1.29, 1.82) is 0 Å². The molecule has 0 saturated heterocycles. The van der Waals surface area contributed by atoms with Crippen LogP contribution in [0.3, 0.4) is 0 Å². The Balaban J connectivity index is 2.35. The van der Waals surface area contributed by atoms with E-state index in [0.717, 1.165) is 16.7 Å². The Labute approximate surface area is 125 Å². The second-order valence-electron chi connectivity index (χ2n) is 4.10. The molecule has 0 aliphatic heterocycles. The van der Waals surface area contributed by atoms with Gasteiger partial charge in [0.15, 0.2) is 4.77 Å². The van der Waals surface area contributed by atoms with Crippen LogP contribution in [0.15, 0.2) is 47.4 Å². The molecule has 2 aromatic carbocycles. The summed E-state index contributed by atoms with van der Waals surface area (Å²) in [5, 5.41) is 0.694. The number of rotatable bonds is 2. The van der Waals surface area contributed by atoms with Crippen LogP contribution in [0.1, 0.15) is 0 Å². The minimum atomic E-state index is 0.654. The zero-order valence-corrected chi connectivity index (χ0v) is 12.6. The molecule has 0 aliphatic carbocycles. The van der Waals surface area contributed by atoms with E-state index in [-0.39, 0.29) is 0 Å². The summed E-state index contributed by atoms with van der Waals surface area (Å²) in [5.74, 6) is 0. The van der Waals surface area contributed by atoms with Crippen molar-refractivity contribution >= 4 is 46.6 Å². The number of H-pyrrole nitrogens is 1. The molecule has 0 aliphatic rings. The van der Waals surface area contributed by atoms with Crippen molar-refractivity contribution in [2.24, 2.45) is 0 Å². The largest absolute Gasteiger partial charge is 0.330 e. The fraction of sp³-hybridized carbons (Fsp3) is 0.0714. The molecule has 1 aromatic heterocycles. The lowest BCUT2D eigenvalue weighted by molar-refractivity contribution is 1.06. The van der Waals surface area contributed by atoms with E-state index in [1.54, 1.807) is 11.8 Å². The van der Waals surface area contributed by atoms with Gasteiger partial charge in [-0.15, -0.1) is 11.8 Å². The summed E-state index contributed by atoms with van der Waals surface area (Å²) in [4.78, 5) is 4.39. The third kappa shape index (κ3) is 2.20. The fourth-order valence-electron chi connectivity index (χ4n) is 2.11. The summed E-state index contributed by atoms with van der Waals surface area (Å²) in [6.07, 6.45) is 2.06. The number of imidazole rings is 1. The standard InChI is InChI=1S/C14H11ClN2S2/c1-19-10-5-2-4-9(8-10)17-13-11(15)6-3-7-12(13)16-14(17)18/h2-8H,1H3,(H,16,18). The van der Waals surface area contributed by atoms with Crippen LogP contribution < -0.4 is 0 Å². The summed E-state index contributed by atoms with van der Waals surface area (Å²) < 4.78 is 2.63. The van der Waals surface area contributed by atoms with E-state index in [1.165, 1.54) is 4.90 Å². The first-order valence-electron chi connectivity index (χ1n) is 5.74. The molecule has 0 fully saturated rings. The van der Waals surface area contributed by atoms with E-state index in [9.17, 15) is 0 Å². The first-order chi connectivity index (χ1) is 9.20. The predicted octanol–water partition coefficient (Wildman–Crippen LogP) is 5.06. The average Bonchev–Trinajstić information content (AvgIpc) is 2.76. The van der Waals surface area contributed by atoms with Crippen LogP contribution in [0.25, 0.3) is 16.7 Å². The smallest absolute Gasteiger partial charge is 0.182 e. The highest BCUT2D eigenvalue weighted by Crippen LogP contribution is 2.27. The van der Waals surface area contributed by atoms with Crippen molar-refractivity contribution in [3.8, 4) is 5.69 Å². The van der Waals surface area contributed by atoms with Gasteiger partial charge in [-0.1, -0.05) is 23.7 Å². The molecule has 0 bridgehead atoms. The van der Waals surface area contributed by atoms with Gasteiger partial charge < -0.3 is 4.98 Å². The van der Waals surface area contributed by atoms with Crippen molar-refractivity contribution in [2.45, 2.75) is 4.90 Å². The Bertz CT molecular complexity index is 805. The van der Waals surface area contributed by atoms with E-state index in [0.29, 0.717) is 9.79 Å². The minimum Gasteiger partial charge on any atom is -0.330 e. The Morgan fingerprint density at radius 3 is 2.79 bits per heavy atom. The molecule has 0 saturated carbocycles.